The first kappa shape index (κ1) is 18.2. The smallest absolute Gasteiger partial charge is 0.337 e. The minimum Gasteiger partial charge on any atom is -0.478 e. The van der Waals surface area contributed by atoms with Crippen LogP contribution in [0.1, 0.15) is 21.5 Å². The Labute approximate surface area is 158 Å². The van der Waals surface area contributed by atoms with Crippen molar-refractivity contribution in [3.8, 4) is 0 Å². The van der Waals surface area contributed by atoms with Gasteiger partial charge in [0.2, 0.25) is 0 Å². The molecule has 0 fully saturated rings. The van der Waals surface area contributed by atoms with Crippen molar-refractivity contribution < 1.29 is 9.90 Å². The molecule has 3 aromatic rings. The number of anilines is 2. The molecule has 0 radical (unpaired) electrons. The van der Waals surface area contributed by atoms with Gasteiger partial charge in [-0.2, -0.15) is 5.10 Å². The maximum Gasteiger partial charge on any atom is 0.337 e. The number of hydrogen-bond donors (Lipinski definition) is 2. The highest BCUT2D eigenvalue weighted by molar-refractivity contribution is 6.13. The van der Waals surface area contributed by atoms with Gasteiger partial charge in [-0.15, -0.1) is 0 Å². The minimum absolute atomic E-state index is 0.177. The monoisotopic (exact) mass is 359 g/mol. The molecule has 0 atom stereocenters. The molecule has 0 aliphatic heterocycles. The zero-order valence-corrected chi connectivity index (χ0v) is 15.3. The molecule has 0 heterocycles. The largest absolute Gasteiger partial charge is 0.478 e. The molecule has 0 saturated heterocycles. The van der Waals surface area contributed by atoms with E-state index in [9.17, 15) is 9.90 Å². The average molecular weight is 359 g/mol. The topological polar surface area (TPSA) is 64.9 Å². The summed E-state index contributed by atoms with van der Waals surface area (Å²) < 4.78 is 0. The van der Waals surface area contributed by atoms with E-state index in [1.165, 1.54) is 0 Å². The molecule has 27 heavy (non-hydrogen) atoms. The lowest BCUT2D eigenvalue weighted by Gasteiger charge is -2.14. The van der Waals surface area contributed by atoms with Crippen molar-refractivity contribution in [3.05, 3.63) is 95.6 Å². The van der Waals surface area contributed by atoms with Crippen molar-refractivity contribution in [2.75, 3.05) is 24.4 Å². The zero-order valence-electron chi connectivity index (χ0n) is 15.3. The molecule has 0 saturated carbocycles. The summed E-state index contributed by atoms with van der Waals surface area (Å²) in [5.41, 5.74) is 7.26. The third-order valence-electron chi connectivity index (χ3n) is 4.15. The summed E-state index contributed by atoms with van der Waals surface area (Å²) in [4.78, 5) is 13.4. The zero-order chi connectivity index (χ0) is 19.2. The molecule has 2 N–H and O–H groups in total. The number of rotatable bonds is 6. The number of carbonyl (C=O) groups is 1. The SMILES string of the molecule is CN(C)c1ccc(/C(=N/Nc2ccccc2C(=O)O)c2ccccc2)cc1. The summed E-state index contributed by atoms with van der Waals surface area (Å²) in [7, 11) is 3.98. The lowest BCUT2D eigenvalue weighted by molar-refractivity contribution is 0.0698. The van der Waals surface area contributed by atoms with Gasteiger partial charge in [0.1, 0.15) is 0 Å². The molecule has 3 rings (SSSR count). The van der Waals surface area contributed by atoms with E-state index in [0.29, 0.717) is 5.69 Å². The molecule has 5 heteroatoms. The van der Waals surface area contributed by atoms with Gasteiger partial charge in [-0.3, -0.25) is 5.43 Å². The summed E-state index contributed by atoms with van der Waals surface area (Å²) in [6, 6.07) is 24.6. The predicted octanol–water partition coefficient (Wildman–Crippen LogP) is 4.32. The molecule has 5 nitrogen and oxygen atoms in total. The van der Waals surface area contributed by atoms with E-state index in [1.807, 2.05) is 73.6 Å². The van der Waals surface area contributed by atoms with Crippen LogP contribution in [0.25, 0.3) is 0 Å². The van der Waals surface area contributed by atoms with Crippen LogP contribution in [0, 0.1) is 0 Å². The molecule has 0 unspecified atom stereocenters. The molecule has 0 aliphatic rings. The van der Waals surface area contributed by atoms with E-state index < -0.39 is 5.97 Å². The average Bonchev–Trinajstić information content (AvgIpc) is 2.69. The number of nitrogens with zero attached hydrogens (tertiary/aromatic N) is 2. The molecule has 3 aromatic carbocycles. The number of hydrogen-bond acceptors (Lipinski definition) is 4. The Bertz CT molecular complexity index is 949. The number of para-hydroxylation sites is 1. The van der Waals surface area contributed by atoms with Crippen molar-refractivity contribution in [1.29, 1.82) is 0 Å². The van der Waals surface area contributed by atoms with Gasteiger partial charge in [0.15, 0.2) is 0 Å². The van der Waals surface area contributed by atoms with E-state index in [4.69, 9.17) is 0 Å². The highest BCUT2D eigenvalue weighted by Gasteiger charge is 2.11. The van der Waals surface area contributed by atoms with Gasteiger partial charge in [0.25, 0.3) is 0 Å². The van der Waals surface area contributed by atoms with Gasteiger partial charge < -0.3 is 10.0 Å². The van der Waals surface area contributed by atoms with Gasteiger partial charge in [0.05, 0.1) is 17.0 Å². The molecule has 0 bridgehead atoms. The van der Waals surface area contributed by atoms with Crippen LogP contribution >= 0.6 is 0 Å². The standard InChI is InChI=1S/C22H21N3O2/c1-25(2)18-14-12-17(13-15-18)21(16-8-4-3-5-9-16)24-23-20-11-7-6-10-19(20)22(26)27/h3-15,23H,1-2H3,(H,26,27)/b24-21+. The highest BCUT2D eigenvalue weighted by atomic mass is 16.4. The van der Waals surface area contributed by atoms with E-state index >= 15 is 0 Å². The number of carboxylic acids is 1. The molecule has 0 amide bonds. The minimum atomic E-state index is -0.995. The quantitative estimate of drug-likeness (QED) is 0.508. The Balaban J connectivity index is 2.01. The third kappa shape index (κ3) is 4.33. The van der Waals surface area contributed by atoms with Crippen LogP contribution in [-0.2, 0) is 0 Å². The number of carboxylic acid groups (broad SMARTS) is 1. The summed E-state index contributed by atoms with van der Waals surface area (Å²) >= 11 is 0. The number of aromatic carboxylic acids is 1. The van der Waals surface area contributed by atoms with Crippen LogP contribution in [0.15, 0.2) is 84.0 Å². The lowest BCUT2D eigenvalue weighted by atomic mass is 10.0. The van der Waals surface area contributed by atoms with Crippen LogP contribution in [0.4, 0.5) is 11.4 Å². The molecular formula is C22H21N3O2. The van der Waals surface area contributed by atoms with Crippen LogP contribution in [-0.4, -0.2) is 30.9 Å². The molecule has 0 aromatic heterocycles. The second-order valence-electron chi connectivity index (χ2n) is 6.23. The fraction of sp³-hybridized carbons (Fsp3) is 0.0909. The maximum atomic E-state index is 11.4. The van der Waals surface area contributed by atoms with E-state index in [1.54, 1.807) is 24.3 Å². The summed E-state index contributed by atoms with van der Waals surface area (Å²) in [6.07, 6.45) is 0. The van der Waals surface area contributed by atoms with Gasteiger partial charge in [-0.05, 0) is 24.3 Å². The van der Waals surface area contributed by atoms with E-state index in [0.717, 1.165) is 22.5 Å². The van der Waals surface area contributed by atoms with Crippen LogP contribution < -0.4 is 10.3 Å². The lowest BCUT2D eigenvalue weighted by Crippen LogP contribution is -2.10. The van der Waals surface area contributed by atoms with Crippen LogP contribution in [0.2, 0.25) is 0 Å². The normalized spacial score (nSPS) is 11.1. The summed E-state index contributed by atoms with van der Waals surface area (Å²) in [5.74, 6) is -0.995. The fourth-order valence-electron chi connectivity index (χ4n) is 2.69. The summed E-state index contributed by atoms with van der Waals surface area (Å²) in [5, 5.41) is 13.9. The van der Waals surface area contributed by atoms with Crippen molar-refractivity contribution >= 4 is 23.1 Å². The number of nitrogens with one attached hydrogen (secondary N) is 1. The first-order valence-corrected chi connectivity index (χ1v) is 8.55. The Morgan fingerprint density at radius 3 is 2.07 bits per heavy atom. The Hall–Kier alpha value is -3.60. The van der Waals surface area contributed by atoms with Gasteiger partial charge in [0, 0.05) is 30.9 Å². The van der Waals surface area contributed by atoms with Gasteiger partial charge in [-0.25, -0.2) is 4.79 Å². The predicted molar refractivity (Wildman–Crippen MR) is 110 cm³/mol. The van der Waals surface area contributed by atoms with E-state index in [2.05, 4.69) is 10.5 Å². The third-order valence-corrected chi connectivity index (χ3v) is 4.15. The van der Waals surface area contributed by atoms with Crippen LogP contribution in [0.3, 0.4) is 0 Å². The number of hydrazone groups is 1. The maximum absolute atomic E-state index is 11.4. The fourth-order valence-corrected chi connectivity index (χ4v) is 2.69. The van der Waals surface area contributed by atoms with E-state index in [-0.39, 0.29) is 5.56 Å². The van der Waals surface area contributed by atoms with Crippen molar-refractivity contribution in [2.24, 2.45) is 5.10 Å². The second-order valence-corrected chi connectivity index (χ2v) is 6.23. The van der Waals surface area contributed by atoms with Crippen molar-refractivity contribution in [2.45, 2.75) is 0 Å². The van der Waals surface area contributed by atoms with Crippen molar-refractivity contribution in [1.82, 2.24) is 0 Å². The molecule has 0 aliphatic carbocycles. The molecular weight excluding hydrogens is 338 g/mol. The highest BCUT2D eigenvalue weighted by Crippen LogP contribution is 2.19. The first-order valence-electron chi connectivity index (χ1n) is 8.55. The Morgan fingerprint density at radius 1 is 0.852 bits per heavy atom. The number of benzene rings is 3. The van der Waals surface area contributed by atoms with Crippen molar-refractivity contribution in [3.63, 3.8) is 0 Å². The Morgan fingerprint density at radius 2 is 1.44 bits per heavy atom. The molecule has 136 valence electrons. The van der Waals surface area contributed by atoms with Gasteiger partial charge in [-0.1, -0.05) is 54.6 Å². The first-order chi connectivity index (χ1) is 13.1. The second kappa shape index (κ2) is 8.19. The van der Waals surface area contributed by atoms with Crippen LogP contribution in [0.5, 0.6) is 0 Å². The Kier molecular flexibility index (Phi) is 5.52. The molecule has 0 spiro atoms. The van der Waals surface area contributed by atoms with Gasteiger partial charge >= 0.3 is 5.97 Å². The summed E-state index contributed by atoms with van der Waals surface area (Å²) in [6.45, 7) is 0.